The van der Waals surface area contributed by atoms with E-state index in [2.05, 4.69) is 4.72 Å². The first-order chi connectivity index (χ1) is 13.5. The van der Waals surface area contributed by atoms with Crippen molar-refractivity contribution in [2.75, 3.05) is 45.7 Å². The molecule has 3 rings (SSSR count). The second-order valence-corrected chi connectivity index (χ2v) is 10.1. The predicted octanol–water partition coefficient (Wildman–Crippen LogP) is 2.12. The Bertz CT molecular complexity index is 773. The molecule has 156 valence electrons. The maximum Gasteiger partial charge on any atom is 0.257 e. The summed E-state index contributed by atoms with van der Waals surface area (Å²) in [5.41, 5.74) is 0.257. The van der Waals surface area contributed by atoms with Crippen LogP contribution < -0.4 is 9.46 Å². The lowest BCUT2D eigenvalue weighted by atomic mass is 10.1. The number of carbonyl (C=O) groups is 1. The molecule has 0 aromatic heterocycles. The van der Waals surface area contributed by atoms with Crippen molar-refractivity contribution >= 4 is 27.7 Å². The minimum absolute atomic E-state index is 0.0794. The molecular formula is C19H28N2O5S2. The average molecular weight is 429 g/mol. The lowest BCUT2D eigenvalue weighted by molar-refractivity contribution is 0.0300. The van der Waals surface area contributed by atoms with Crippen LogP contribution in [0.25, 0.3) is 0 Å². The molecule has 28 heavy (non-hydrogen) atoms. The molecule has 1 aromatic carbocycles. The summed E-state index contributed by atoms with van der Waals surface area (Å²) in [7, 11) is -2.21. The second kappa shape index (κ2) is 9.96. The molecule has 1 aromatic rings. The topological polar surface area (TPSA) is 84.9 Å². The summed E-state index contributed by atoms with van der Waals surface area (Å²) in [6.45, 7) is 2.30. The van der Waals surface area contributed by atoms with Gasteiger partial charge in [-0.05, 0) is 31.0 Å². The van der Waals surface area contributed by atoms with Gasteiger partial charge in [0.05, 0.1) is 30.8 Å². The van der Waals surface area contributed by atoms with E-state index >= 15 is 0 Å². The second-order valence-electron chi connectivity index (χ2n) is 6.94. The van der Waals surface area contributed by atoms with Gasteiger partial charge in [-0.3, -0.25) is 4.79 Å². The molecule has 1 N–H and O–H groups in total. The third kappa shape index (κ3) is 5.40. The largest absolute Gasteiger partial charge is 0.496 e. The minimum Gasteiger partial charge on any atom is -0.496 e. The van der Waals surface area contributed by atoms with Gasteiger partial charge in [0.15, 0.2) is 0 Å². The predicted molar refractivity (Wildman–Crippen MR) is 110 cm³/mol. The molecule has 2 fully saturated rings. The number of ether oxygens (including phenoxy) is 2. The number of amides is 1. The quantitative estimate of drug-likeness (QED) is 0.639. The van der Waals surface area contributed by atoms with Crippen LogP contribution in [0.15, 0.2) is 23.1 Å². The molecule has 0 atom stereocenters. The van der Waals surface area contributed by atoms with Crippen molar-refractivity contribution in [1.82, 2.24) is 9.62 Å². The summed E-state index contributed by atoms with van der Waals surface area (Å²) in [4.78, 5) is 14.6. The first kappa shape index (κ1) is 21.4. The van der Waals surface area contributed by atoms with Crippen LogP contribution in [0, 0.1) is 0 Å². The lowest BCUT2D eigenvalue weighted by Gasteiger charge is -2.27. The summed E-state index contributed by atoms with van der Waals surface area (Å²) in [6.07, 6.45) is 5.00. The van der Waals surface area contributed by atoms with Gasteiger partial charge in [0.25, 0.3) is 5.91 Å². The van der Waals surface area contributed by atoms with Crippen LogP contribution >= 0.6 is 11.8 Å². The van der Waals surface area contributed by atoms with E-state index in [9.17, 15) is 13.2 Å². The first-order valence-corrected chi connectivity index (χ1v) is 12.2. The highest BCUT2D eigenvalue weighted by molar-refractivity contribution is 8.00. The van der Waals surface area contributed by atoms with Crippen LogP contribution in [-0.2, 0) is 14.8 Å². The standard InChI is InChI=1S/C19H28N2O5S2/c1-25-18-7-6-16(14-17(18)19(22)21-9-11-26-12-10-21)28(23,24)20-8-13-27-15-4-2-3-5-15/h6-7,14-15,20H,2-5,8-13H2,1H3. The van der Waals surface area contributed by atoms with Gasteiger partial charge in [0, 0.05) is 30.6 Å². The molecule has 0 unspecified atom stereocenters. The Balaban J connectivity index is 1.67. The Kier molecular flexibility index (Phi) is 7.62. The zero-order valence-electron chi connectivity index (χ0n) is 16.2. The molecule has 7 nitrogen and oxygen atoms in total. The van der Waals surface area contributed by atoms with E-state index in [4.69, 9.17) is 9.47 Å². The lowest BCUT2D eigenvalue weighted by Crippen LogP contribution is -2.40. The Morgan fingerprint density at radius 2 is 2.00 bits per heavy atom. The number of nitrogens with one attached hydrogen (secondary N) is 1. The highest BCUT2D eigenvalue weighted by Crippen LogP contribution is 2.29. The Hall–Kier alpha value is -1.29. The Labute approximate surface area is 171 Å². The molecule has 2 aliphatic rings. The van der Waals surface area contributed by atoms with Crippen molar-refractivity contribution in [3.05, 3.63) is 23.8 Å². The number of hydrogen-bond donors (Lipinski definition) is 1. The van der Waals surface area contributed by atoms with Crippen molar-refractivity contribution in [3.8, 4) is 5.75 Å². The molecule has 1 aliphatic heterocycles. The molecule has 1 amide bonds. The molecule has 1 saturated carbocycles. The van der Waals surface area contributed by atoms with Crippen molar-refractivity contribution < 1.29 is 22.7 Å². The average Bonchev–Trinajstić information content (AvgIpc) is 3.24. The summed E-state index contributed by atoms with van der Waals surface area (Å²) in [5.74, 6) is 0.876. The summed E-state index contributed by atoms with van der Waals surface area (Å²) in [5, 5.41) is 0.656. The Morgan fingerprint density at radius 1 is 1.29 bits per heavy atom. The number of morpholine rings is 1. The van der Waals surface area contributed by atoms with Crippen molar-refractivity contribution in [2.24, 2.45) is 0 Å². The van der Waals surface area contributed by atoms with Gasteiger partial charge >= 0.3 is 0 Å². The highest BCUT2D eigenvalue weighted by Gasteiger charge is 2.24. The third-order valence-electron chi connectivity index (χ3n) is 5.06. The SMILES string of the molecule is COc1ccc(S(=O)(=O)NCCSC2CCCC2)cc1C(=O)N1CCOCC1. The zero-order chi connectivity index (χ0) is 20.0. The van der Waals surface area contributed by atoms with E-state index < -0.39 is 10.0 Å². The maximum absolute atomic E-state index is 12.8. The number of benzene rings is 1. The van der Waals surface area contributed by atoms with E-state index in [1.54, 1.807) is 4.90 Å². The van der Waals surface area contributed by atoms with E-state index in [0.29, 0.717) is 43.8 Å². The molecule has 1 aliphatic carbocycles. The van der Waals surface area contributed by atoms with Crippen molar-refractivity contribution in [2.45, 2.75) is 35.8 Å². The monoisotopic (exact) mass is 428 g/mol. The normalized spacial score (nSPS) is 18.4. The number of methoxy groups -OCH3 is 1. The molecule has 1 heterocycles. The molecule has 1 saturated heterocycles. The third-order valence-corrected chi connectivity index (χ3v) is 7.90. The minimum atomic E-state index is -3.68. The van der Waals surface area contributed by atoms with Crippen molar-refractivity contribution in [3.63, 3.8) is 0 Å². The molecule has 0 bridgehead atoms. The van der Waals surface area contributed by atoms with Crippen LogP contribution in [0.1, 0.15) is 36.0 Å². The van der Waals surface area contributed by atoms with E-state index in [1.165, 1.54) is 51.0 Å². The summed E-state index contributed by atoms with van der Waals surface area (Å²) in [6, 6.07) is 4.42. The zero-order valence-corrected chi connectivity index (χ0v) is 17.8. The van der Waals surface area contributed by atoms with Gasteiger partial charge < -0.3 is 14.4 Å². The fourth-order valence-electron chi connectivity index (χ4n) is 3.50. The van der Waals surface area contributed by atoms with E-state index in [0.717, 1.165) is 5.75 Å². The van der Waals surface area contributed by atoms with E-state index in [-0.39, 0.29) is 16.4 Å². The van der Waals surface area contributed by atoms with Gasteiger partial charge in [-0.25, -0.2) is 13.1 Å². The van der Waals surface area contributed by atoms with Gasteiger partial charge in [-0.2, -0.15) is 11.8 Å². The number of hydrogen-bond acceptors (Lipinski definition) is 6. The fourth-order valence-corrected chi connectivity index (χ4v) is 5.90. The molecule has 0 radical (unpaired) electrons. The Morgan fingerprint density at radius 3 is 2.68 bits per heavy atom. The van der Waals surface area contributed by atoms with Gasteiger partial charge in [0.2, 0.25) is 10.0 Å². The molecule has 9 heteroatoms. The van der Waals surface area contributed by atoms with E-state index in [1.807, 2.05) is 11.8 Å². The van der Waals surface area contributed by atoms with Gasteiger partial charge in [-0.1, -0.05) is 12.8 Å². The smallest absolute Gasteiger partial charge is 0.257 e. The van der Waals surface area contributed by atoms with Crippen LogP contribution in [-0.4, -0.2) is 70.2 Å². The fraction of sp³-hybridized carbons (Fsp3) is 0.632. The van der Waals surface area contributed by atoms with Crippen LogP contribution in [0.3, 0.4) is 0 Å². The number of rotatable bonds is 8. The molecule has 0 spiro atoms. The highest BCUT2D eigenvalue weighted by atomic mass is 32.2. The van der Waals surface area contributed by atoms with Gasteiger partial charge in [0.1, 0.15) is 5.75 Å². The van der Waals surface area contributed by atoms with Gasteiger partial charge in [-0.15, -0.1) is 0 Å². The molecular weight excluding hydrogens is 400 g/mol. The summed E-state index contributed by atoms with van der Waals surface area (Å²) < 4.78 is 38.6. The number of carbonyl (C=O) groups excluding carboxylic acids is 1. The van der Waals surface area contributed by atoms with Crippen LogP contribution in [0.2, 0.25) is 0 Å². The first-order valence-electron chi connectivity index (χ1n) is 9.67. The maximum atomic E-state index is 12.8. The number of thioether (sulfide) groups is 1. The van der Waals surface area contributed by atoms with Crippen LogP contribution in [0.4, 0.5) is 0 Å². The summed E-state index contributed by atoms with van der Waals surface area (Å²) >= 11 is 1.83. The van der Waals surface area contributed by atoms with Crippen LogP contribution in [0.5, 0.6) is 5.75 Å². The number of nitrogens with zero attached hydrogens (tertiary/aromatic N) is 1. The van der Waals surface area contributed by atoms with Crippen molar-refractivity contribution in [1.29, 1.82) is 0 Å². The number of sulfonamides is 1.